The van der Waals surface area contributed by atoms with Crippen molar-refractivity contribution < 1.29 is 14.7 Å². The van der Waals surface area contributed by atoms with Crippen LogP contribution in [0.15, 0.2) is 48.5 Å². The summed E-state index contributed by atoms with van der Waals surface area (Å²) in [4.78, 5) is 22.0. The first-order valence-corrected chi connectivity index (χ1v) is 5.98. The number of carbonyl (C=O) groups excluding carboxylic acids is 1. The molecule has 0 fully saturated rings. The van der Waals surface area contributed by atoms with Gasteiger partial charge in [-0.15, -0.1) is 0 Å². The molecule has 3 heteroatoms. The third kappa shape index (κ3) is 3.28. The molecule has 0 radical (unpaired) electrons. The van der Waals surface area contributed by atoms with Crippen LogP contribution in [-0.4, -0.2) is 16.9 Å². The van der Waals surface area contributed by atoms with E-state index >= 15 is 0 Å². The summed E-state index contributed by atoms with van der Waals surface area (Å²) in [5.74, 6) is -1.48. The van der Waals surface area contributed by atoms with Crippen molar-refractivity contribution in [2.45, 2.75) is 13.3 Å². The Labute approximate surface area is 111 Å². The summed E-state index contributed by atoms with van der Waals surface area (Å²) in [5.41, 5.74) is 3.70. The van der Waals surface area contributed by atoms with Gasteiger partial charge in [-0.1, -0.05) is 54.1 Å². The average molecular weight is 254 g/mol. The Balaban J connectivity index is 2.21. The van der Waals surface area contributed by atoms with Crippen molar-refractivity contribution in [3.05, 3.63) is 59.7 Å². The van der Waals surface area contributed by atoms with Crippen molar-refractivity contribution in [3.63, 3.8) is 0 Å². The molecule has 0 saturated carbocycles. The number of carboxylic acids is 1. The van der Waals surface area contributed by atoms with Crippen LogP contribution in [0.5, 0.6) is 0 Å². The molecule has 96 valence electrons. The molecule has 2 aromatic rings. The number of carbonyl (C=O) groups is 2. The standard InChI is InChI=1S/C16H14O3/c1-11-2-4-12(5-3-11)13-6-8-14(9-7-13)15(17)10-16(18)19/h2-9H,10H2,1H3,(H,18,19). The lowest BCUT2D eigenvalue weighted by atomic mass is 10.0. The minimum Gasteiger partial charge on any atom is -0.481 e. The molecular weight excluding hydrogens is 240 g/mol. The molecule has 19 heavy (non-hydrogen) atoms. The number of aryl methyl sites for hydroxylation is 1. The normalized spacial score (nSPS) is 10.2. The van der Waals surface area contributed by atoms with Crippen LogP contribution in [0, 0.1) is 6.92 Å². The molecule has 0 bridgehead atoms. The molecule has 0 unspecified atom stereocenters. The van der Waals surface area contributed by atoms with Crippen molar-refractivity contribution in [2.75, 3.05) is 0 Å². The Bertz CT molecular complexity index is 595. The summed E-state index contributed by atoms with van der Waals surface area (Å²) < 4.78 is 0. The third-order valence-electron chi connectivity index (χ3n) is 2.90. The highest BCUT2D eigenvalue weighted by Crippen LogP contribution is 2.20. The number of hydrogen-bond donors (Lipinski definition) is 1. The second kappa shape index (κ2) is 5.48. The molecule has 0 saturated heterocycles. The molecule has 0 aromatic heterocycles. The van der Waals surface area contributed by atoms with Crippen LogP contribution in [0.25, 0.3) is 11.1 Å². The molecule has 0 aliphatic carbocycles. The van der Waals surface area contributed by atoms with E-state index < -0.39 is 12.4 Å². The van der Waals surface area contributed by atoms with Crippen LogP contribution < -0.4 is 0 Å². The quantitative estimate of drug-likeness (QED) is 0.672. The van der Waals surface area contributed by atoms with E-state index in [0.29, 0.717) is 5.56 Å². The third-order valence-corrected chi connectivity index (χ3v) is 2.90. The minimum absolute atomic E-state index is 0.372. The molecule has 0 spiro atoms. The maximum Gasteiger partial charge on any atom is 0.311 e. The number of Topliss-reactive ketones (excluding diaryl/α,β-unsaturated/α-hetero) is 1. The lowest BCUT2D eigenvalue weighted by Gasteiger charge is -2.04. The van der Waals surface area contributed by atoms with Gasteiger partial charge < -0.3 is 5.11 Å². The highest BCUT2D eigenvalue weighted by Gasteiger charge is 2.10. The minimum atomic E-state index is -1.10. The Morgan fingerprint density at radius 1 is 0.895 bits per heavy atom. The van der Waals surface area contributed by atoms with E-state index in [2.05, 4.69) is 0 Å². The first kappa shape index (κ1) is 13.0. The molecule has 0 heterocycles. The monoisotopic (exact) mass is 254 g/mol. The Kier molecular flexibility index (Phi) is 3.76. The summed E-state index contributed by atoms with van der Waals surface area (Å²) in [6.07, 6.45) is -0.468. The van der Waals surface area contributed by atoms with E-state index in [4.69, 9.17) is 5.11 Å². The zero-order valence-corrected chi connectivity index (χ0v) is 10.6. The van der Waals surface area contributed by atoms with Crippen LogP contribution in [-0.2, 0) is 4.79 Å². The lowest BCUT2D eigenvalue weighted by molar-refractivity contribution is -0.135. The molecule has 0 aliphatic heterocycles. The zero-order valence-electron chi connectivity index (χ0n) is 10.6. The maximum atomic E-state index is 11.6. The number of benzene rings is 2. The van der Waals surface area contributed by atoms with Crippen LogP contribution >= 0.6 is 0 Å². The van der Waals surface area contributed by atoms with Crippen LogP contribution in [0.4, 0.5) is 0 Å². The molecule has 1 N–H and O–H groups in total. The number of hydrogen-bond acceptors (Lipinski definition) is 2. The van der Waals surface area contributed by atoms with Crippen LogP contribution in [0.3, 0.4) is 0 Å². The topological polar surface area (TPSA) is 54.4 Å². The van der Waals surface area contributed by atoms with E-state index in [1.165, 1.54) is 5.56 Å². The van der Waals surface area contributed by atoms with Crippen LogP contribution in [0.1, 0.15) is 22.3 Å². The number of carboxylic acid groups (broad SMARTS) is 1. The lowest BCUT2D eigenvalue weighted by Crippen LogP contribution is -2.06. The first-order valence-electron chi connectivity index (χ1n) is 5.98. The van der Waals surface area contributed by atoms with Crippen molar-refractivity contribution in [2.24, 2.45) is 0 Å². The largest absolute Gasteiger partial charge is 0.481 e. The second-order valence-corrected chi connectivity index (χ2v) is 4.44. The van der Waals surface area contributed by atoms with E-state index in [1.54, 1.807) is 12.1 Å². The van der Waals surface area contributed by atoms with Crippen molar-refractivity contribution in [1.82, 2.24) is 0 Å². The van der Waals surface area contributed by atoms with E-state index in [-0.39, 0.29) is 5.78 Å². The molecule has 2 rings (SSSR count). The van der Waals surface area contributed by atoms with E-state index in [1.807, 2.05) is 43.3 Å². The van der Waals surface area contributed by atoms with E-state index in [9.17, 15) is 9.59 Å². The van der Waals surface area contributed by atoms with Gasteiger partial charge in [0.1, 0.15) is 6.42 Å². The Hall–Kier alpha value is -2.42. The van der Waals surface area contributed by atoms with Gasteiger partial charge in [0.15, 0.2) is 5.78 Å². The maximum absolute atomic E-state index is 11.6. The van der Waals surface area contributed by atoms with Gasteiger partial charge in [-0.25, -0.2) is 0 Å². The van der Waals surface area contributed by atoms with Crippen molar-refractivity contribution >= 4 is 11.8 Å². The summed E-state index contributed by atoms with van der Waals surface area (Å²) in [7, 11) is 0. The van der Waals surface area contributed by atoms with Gasteiger partial charge in [-0.3, -0.25) is 9.59 Å². The predicted molar refractivity (Wildman–Crippen MR) is 73.2 cm³/mol. The van der Waals surface area contributed by atoms with Gasteiger partial charge in [-0.05, 0) is 18.1 Å². The van der Waals surface area contributed by atoms with Gasteiger partial charge in [0.2, 0.25) is 0 Å². The SMILES string of the molecule is Cc1ccc(-c2ccc(C(=O)CC(=O)O)cc2)cc1. The van der Waals surface area contributed by atoms with Gasteiger partial charge in [0.25, 0.3) is 0 Å². The summed E-state index contributed by atoms with van der Waals surface area (Å²) >= 11 is 0. The predicted octanol–water partition coefficient (Wildman–Crippen LogP) is 3.32. The molecule has 3 nitrogen and oxygen atoms in total. The number of aliphatic carboxylic acids is 1. The molecule has 0 atom stereocenters. The molecule has 0 aliphatic rings. The summed E-state index contributed by atoms with van der Waals surface area (Å²) in [6, 6.07) is 15.1. The number of rotatable bonds is 4. The van der Waals surface area contributed by atoms with Gasteiger partial charge in [0, 0.05) is 5.56 Å². The highest BCUT2D eigenvalue weighted by molar-refractivity contribution is 6.05. The van der Waals surface area contributed by atoms with Crippen molar-refractivity contribution in [3.8, 4) is 11.1 Å². The van der Waals surface area contributed by atoms with Gasteiger partial charge >= 0.3 is 5.97 Å². The summed E-state index contributed by atoms with van der Waals surface area (Å²) in [5, 5.41) is 8.58. The summed E-state index contributed by atoms with van der Waals surface area (Å²) in [6.45, 7) is 2.03. The van der Waals surface area contributed by atoms with E-state index in [0.717, 1.165) is 11.1 Å². The number of ketones is 1. The van der Waals surface area contributed by atoms with Crippen LogP contribution in [0.2, 0.25) is 0 Å². The highest BCUT2D eigenvalue weighted by atomic mass is 16.4. The Morgan fingerprint density at radius 3 is 1.84 bits per heavy atom. The molecule has 2 aromatic carbocycles. The first-order chi connectivity index (χ1) is 9.06. The molecular formula is C16H14O3. The zero-order chi connectivity index (χ0) is 13.8. The smallest absolute Gasteiger partial charge is 0.311 e. The fourth-order valence-corrected chi connectivity index (χ4v) is 1.83. The molecule has 0 amide bonds. The van der Waals surface area contributed by atoms with Gasteiger partial charge in [0.05, 0.1) is 0 Å². The average Bonchev–Trinajstić information content (AvgIpc) is 2.39. The second-order valence-electron chi connectivity index (χ2n) is 4.44. The van der Waals surface area contributed by atoms with Crippen molar-refractivity contribution in [1.29, 1.82) is 0 Å². The Morgan fingerprint density at radius 2 is 1.37 bits per heavy atom. The fourth-order valence-electron chi connectivity index (χ4n) is 1.83. The van der Waals surface area contributed by atoms with Gasteiger partial charge in [-0.2, -0.15) is 0 Å². The fraction of sp³-hybridized carbons (Fsp3) is 0.125.